The zero-order valence-electron chi connectivity index (χ0n) is 20.4. The summed E-state index contributed by atoms with van der Waals surface area (Å²) in [5.41, 5.74) is 3.51. The number of hydrogen-bond donors (Lipinski definition) is 1. The minimum atomic E-state index is -0.530. The van der Waals surface area contributed by atoms with E-state index in [-0.39, 0.29) is 24.2 Å². The maximum Gasteiger partial charge on any atom is 0.225 e. The molecule has 3 saturated heterocycles. The summed E-state index contributed by atoms with van der Waals surface area (Å²) in [4.78, 5) is 21.3. The van der Waals surface area contributed by atoms with Crippen molar-refractivity contribution in [1.29, 1.82) is 0 Å². The number of fused-ring (bicyclic) bond motifs is 1. The first-order chi connectivity index (χ1) is 17.2. The van der Waals surface area contributed by atoms with Crippen molar-refractivity contribution in [1.82, 2.24) is 14.8 Å². The molecule has 35 heavy (non-hydrogen) atoms. The molecule has 2 aromatic rings. The number of piperidine rings is 1. The predicted octanol–water partition coefficient (Wildman–Crippen LogP) is 3.26. The van der Waals surface area contributed by atoms with Crippen LogP contribution in [0.3, 0.4) is 0 Å². The monoisotopic (exact) mass is 479 g/mol. The van der Waals surface area contributed by atoms with Crippen molar-refractivity contribution in [2.24, 2.45) is 0 Å². The smallest absolute Gasteiger partial charge is 0.225 e. The summed E-state index contributed by atoms with van der Waals surface area (Å²) >= 11 is 0. The number of carbonyl (C=O) groups is 1. The molecule has 1 aromatic carbocycles. The molecule has 0 saturated carbocycles. The number of pyridine rings is 1. The summed E-state index contributed by atoms with van der Waals surface area (Å²) < 4.78 is 12.3. The van der Waals surface area contributed by atoms with Crippen LogP contribution in [0.25, 0.3) is 11.1 Å². The quantitative estimate of drug-likeness (QED) is 0.710. The molecule has 4 atom stereocenters. The maximum absolute atomic E-state index is 12.8. The molecule has 7 heteroatoms. The summed E-state index contributed by atoms with van der Waals surface area (Å²) in [6.45, 7) is 3.79. The highest BCUT2D eigenvalue weighted by Gasteiger charge is 2.38. The van der Waals surface area contributed by atoms with Gasteiger partial charge in [-0.3, -0.25) is 14.7 Å². The van der Waals surface area contributed by atoms with E-state index in [0.29, 0.717) is 26.2 Å². The molecule has 3 aliphatic heterocycles. The number of likely N-dealkylation sites (tertiary alicyclic amines) is 1. The van der Waals surface area contributed by atoms with Crippen LogP contribution in [0.2, 0.25) is 0 Å². The predicted molar refractivity (Wildman–Crippen MR) is 134 cm³/mol. The van der Waals surface area contributed by atoms with Crippen LogP contribution >= 0.6 is 0 Å². The summed E-state index contributed by atoms with van der Waals surface area (Å²) in [6.07, 6.45) is 8.61. The molecule has 0 spiro atoms. The van der Waals surface area contributed by atoms with E-state index in [4.69, 9.17) is 9.47 Å². The van der Waals surface area contributed by atoms with Gasteiger partial charge in [-0.25, -0.2) is 0 Å². The van der Waals surface area contributed by atoms with E-state index in [9.17, 15) is 9.90 Å². The van der Waals surface area contributed by atoms with E-state index < -0.39 is 6.10 Å². The summed E-state index contributed by atoms with van der Waals surface area (Å²) in [5, 5.41) is 10.5. The lowest BCUT2D eigenvalue weighted by molar-refractivity contribution is -0.161. The van der Waals surface area contributed by atoms with E-state index >= 15 is 0 Å². The summed E-state index contributed by atoms with van der Waals surface area (Å²) in [7, 11) is 0. The lowest BCUT2D eigenvalue weighted by Crippen LogP contribution is -2.55. The van der Waals surface area contributed by atoms with Crippen LogP contribution in [-0.2, 0) is 20.8 Å². The Kier molecular flexibility index (Phi) is 8.09. The highest BCUT2D eigenvalue weighted by Crippen LogP contribution is 2.30. The molecule has 3 aliphatic rings. The second-order valence-corrected chi connectivity index (χ2v) is 10.1. The number of amides is 1. The van der Waals surface area contributed by atoms with E-state index in [1.807, 2.05) is 29.4 Å². The molecular formula is C28H37N3O4. The van der Waals surface area contributed by atoms with Crippen molar-refractivity contribution in [3.63, 3.8) is 0 Å². The van der Waals surface area contributed by atoms with E-state index in [0.717, 1.165) is 56.4 Å². The number of β-amino-alcohol motifs (C(OH)–C–C–N with tert-alkyl or cyclic N) is 1. The minimum Gasteiger partial charge on any atom is -0.389 e. The second kappa shape index (κ2) is 11.6. The first-order valence-electron chi connectivity index (χ1n) is 13.1. The highest BCUT2D eigenvalue weighted by atomic mass is 16.5. The topological polar surface area (TPSA) is 75.1 Å². The van der Waals surface area contributed by atoms with Crippen molar-refractivity contribution in [2.75, 3.05) is 32.8 Å². The number of ether oxygens (including phenoxy) is 2. The Hall–Kier alpha value is -2.32. The van der Waals surface area contributed by atoms with Gasteiger partial charge in [0.15, 0.2) is 0 Å². The van der Waals surface area contributed by atoms with Gasteiger partial charge in [-0.1, -0.05) is 18.2 Å². The zero-order valence-corrected chi connectivity index (χ0v) is 20.4. The first kappa shape index (κ1) is 24.4. The van der Waals surface area contributed by atoms with E-state index in [1.165, 1.54) is 12.0 Å². The van der Waals surface area contributed by atoms with Crippen molar-refractivity contribution in [3.05, 3.63) is 54.4 Å². The zero-order chi connectivity index (χ0) is 24.0. The Morgan fingerprint density at radius 3 is 2.69 bits per heavy atom. The summed E-state index contributed by atoms with van der Waals surface area (Å²) in [5.74, 6) is 0.222. The van der Waals surface area contributed by atoms with Gasteiger partial charge >= 0.3 is 0 Å². The van der Waals surface area contributed by atoms with Crippen LogP contribution in [-0.4, -0.2) is 83.0 Å². The molecule has 4 heterocycles. The normalized spacial score (nSPS) is 28.1. The fraction of sp³-hybridized carbons (Fsp3) is 0.571. The molecular weight excluding hydrogens is 442 g/mol. The van der Waals surface area contributed by atoms with Gasteiger partial charge in [0.25, 0.3) is 0 Å². The van der Waals surface area contributed by atoms with Gasteiger partial charge in [0.1, 0.15) is 0 Å². The van der Waals surface area contributed by atoms with Crippen LogP contribution in [0.1, 0.15) is 44.1 Å². The Morgan fingerprint density at radius 1 is 1.03 bits per heavy atom. The average Bonchev–Trinajstić information content (AvgIpc) is 2.89. The summed E-state index contributed by atoms with van der Waals surface area (Å²) in [6, 6.07) is 12.8. The largest absolute Gasteiger partial charge is 0.389 e. The number of carbonyl (C=O) groups excluding carboxylic acids is 1. The second-order valence-electron chi connectivity index (χ2n) is 10.1. The third-order valence-electron chi connectivity index (χ3n) is 7.52. The Bertz CT molecular complexity index is 966. The number of hydrogen-bond acceptors (Lipinski definition) is 6. The molecule has 0 aliphatic carbocycles. The maximum atomic E-state index is 12.8. The van der Waals surface area contributed by atoms with Crippen molar-refractivity contribution >= 4 is 5.91 Å². The highest BCUT2D eigenvalue weighted by molar-refractivity contribution is 5.76. The lowest BCUT2D eigenvalue weighted by atomic mass is 9.93. The van der Waals surface area contributed by atoms with E-state index in [2.05, 4.69) is 34.1 Å². The van der Waals surface area contributed by atoms with Crippen molar-refractivity contribution in [3.8, 4) is 11.1 Å². The Morgan fingerprint density at radius 2 is 1.86 bits per heavy atom. The molecule has 1 amide bonds. The lowest BCUT2D eigenvalue weighted by Gasteiger charge is -2.44. The molecule has 1 aromatic heterocycles. The van der Waals surface area contributed by atoms with Crippen LogP contribution in [0.4, 0.5) is 0 Å². The number of benzene rings is 1. The van der Waals surface area contributed by atoms with Gasteiger partial charge in [0, 0.05) is 44.6 Å². The standard InChI is InChI=1S/C28H37N3O4/c32-24-18-31(17-21-5-4-6-23(15-21)22-9-11-29-12-10-22)26-8-7-25(35-27(26)20-34-19-24)16-28(33)30-13-2-1-3-14-30/h4-6,9-12,15,24-27,32H,1-3,7-8,13-14,16-20H2/t24-,25-,26+,27-/m0/s1. The van der Waals surface area contributed by atoms with Crippen LogP contribution in [0.5, 0.6) is 0 Å². The molecule has 0 unspecified atom stereocenters. The molecule has 0 bridgehead atoms. The van der Waals surface area contributed by atoms with Gasteiger partial charge in [0.2, 0.25) is 5.91 Å². The number of rotatable bonds is 5. The van der Waals surface area contributed by atoms with Crippen molar-refractivity contribution < 1.29 is 19.4 Å². The van der Waals surface area contributed by atoms with Gasteiger partial charge < -0.3 is 19.5 Å². The van der Waals surface area contributed by atoms with E-state index in [1.54, 1.807) is 0 Å². The van der Waals surface area contributed by atoms with Crippen LogP contribution in [0, 0.1) is 0 Å². The number of aromatic nitrogens is 1. The first-order valence-corrected chi connectivity index (χ1v) is 13.1. The minimum absolute atomic E-state index is 0.0597. The number of aliphatic hydroxyl groups excluding tert-OH is 1. The molecule has 1 N–H and O–H groups in total. The Labute approximate surface area is 208 Å². The van der Waals surface area contributed by atoms with Crippen molar-refractivity contribution in [2.45, 2.75) is 69.4 Å². The van der Waals surface area contributed by atoms with Gasteiger partial charge in [-0.05, 0) is 67.0 Å². The Balaban J connectivity index is 1.26. The van der Waals surface area contributed by atoms with Crippen LogP contribution < -0.4 is 0 Å². The average molecular weight is 480 g/mol. The molecule has 3 fully saturated rings. The van der Waals surface area contributed by atoms with Crippen LogP contribution in [0.15, 0.2) is 48.8 Å². The van der Waals surface area contributed by atoms with Gasteiger partial charge in [0.05, 0.1) is 37.9 Å². The molecule has 0 radical (unpaired) electrons. The third-order valence-corrected chi connectivity index (χ3v) is 7.52. The molecule has 7 nitrogen and oxygen atoms in total. The molecule has 188 valence electrons. The fourth-order valence-electron chi connectivity index (χ4n) is 5.72. The fourth-order valence-corrected chi connectivity index (χ4v) is 5.72. The van der Waals surface area contributed by atoms with Gasteiger partial charge in [-0.2, -0.15) is 0 Å². The number of aliphatic hydroxyl groups is 1. The SMILES string of the molecule is O=C(C[C@@H]1CC[C@@H]2[C@H](COC[C@@H](O)CN2Cc2cccc(-c3ccncc3)c2)O1)N1CCCCC1. The number of nitrogens with zero attached hydrogens (tertiary/aromatic N) is 3. The third kappa shape index (κ3) is 6.28. The molecule has 5 rings (SSSR count). The van der Waals surface area contributed by atoms with Gasteiger partial charge in [-0.15, -0.1) is 0 Å².